The topological polar surface area (TPSA) is 84.1 Å². The third-order valence-corrected chi connectivity index (χ3v) is 4.78. The number of rotatable bonds is 3. The Morgan fingerprint density at radius 1 is 1.28 bits per heavy atom. The minimum Gasteiger partial charge on any atom is -0.372 e. The molecule has 1 N–H and O–H groups in total. The summed E-state index contributed by atoms with van der Waals surface area (Å²) >= 11 is 0. The number of fused-ring (bicyclic) bond motifs is 1. The van der Waals surface area contributed by atoms with Crippen molar-refractivity contribution in [2.24, 2.45) is 0 Å². The van der Waals surface area contributed by atoms with Crippen molar-refractivity contribution in [3.63, 3.8) is 0 Å². The molecule has 8 nitrogen and oxygen atoms in total. The van der Waals surface area contributed by atoms with Crippen LogP contribution in [0.4, 0.5) is 24.5 Å². The number of H-pyrrole nitrogens is 1. The van der Waals surface area contributed by atoms with Crippen molar-refractivity contribution in [3.8, 4) is 0 Å². The van der Waals surface area contributed by atoms with Crippen LogP contribution in [0.15, 0.2) is 35.3 Å². The Hall–Kier alpha value is -3.68. The molecule has 0 amide bonds. The smallest absolute Gasteiger partial charge is 0.372 e. The molecule has 1 aliphatic heterocycles. The van der Waals surface area contributed by atoms with Crippen molar-refractivity contribution in [2.45, 2.75) is 25.7 Å². The van der Waals surface area contributed by atoms with E-state index in [-0.39, 0.29) is 24.3 Å². The summed E-state index contributed by atoms with van der Waals surface area (Å²) < 4.78 is 41.2. The number of anilines is 1. The highest BCUT2D eigenvalue weighted by Gasteiger charge is 2.33. The van der Waals surface area contributed by atoms with Gasteiger partial charge in [-0.1, -0.05) is 23.4 Å². The minimum atomic E-state index is -4.45. The molecule has 29 heavy (non-hydrogen) atoms. The molecule has 148 valence electrons. The molecule has 1 aliphatic rings. The fourth-order valence-corrected chi connectivity index (χ4v) is 3.42. The van der Waals surface area contributed by atoms with E-state index in [2.05, 4.69) is 25.4 Å². The quantitative estimate of drug-likeness (QED) is 0.682. The fraction of sp³-hybridized carbons (Fsp3) is 0.278. The molecule has 0 saturated heterocycles. The molecule has 4 rings (SSSR count). The van der Waals surface area contributed by atoms with Gasteiger partial charge in [0.25, 0.3) is 11.2 Å². The molecule has 0 fully saturated rings. The molecule has 11 heteroatoms. The van der Waals surface area contributed by atoms with Gasteiger partial charge in [0.15, 0.2) is 0 Å². The average Bonchev–Trinajstić information content (AvgIpc) is 3.09. The summed E-state index contributed by atoms with van der Waals surface area (Å²) in [6.07, 6.45) is -2.58. The molecule has 0 radical (unpaired) electrons. The first-order valence-corrected chi connectivity index (χ1v) is 8.65. The first-order chi connectivity index (χ1) is 13.9. The SMILES string of the molecule is [C-]#[N+]c1c(N2CCc3c(nnn3Cc3ccccc3C(F)(F)F)C2)cn[nH]c1=O. The van der Waals surface area contributed by atoms with Crippen molar-refractivity contribution in [1.82, 2.24) is 25.2 Å². The highest BCUT2D eigenvalue weighted by Crippen LogP contribution is 2.33. The van der Waals surface area contributed by atoms with E-state index in [1.165, 1.54) is 23.0 Å². The molecule has 1 aromatic carbocycles. The minimum absolute atomic E-state index is 0.0438. The Labute approximate surface area is 162 Å². The van der Waals surface area contributed by atoms with Crippen molar-refractivity contribution in [3.05, 3.63) is 74.7 Å². The number of aromatic nitrogens is 5. The van der Waals surface area contributed by atoms with Crippen LogP contribution in [0.2, 0.25) is 0 Å². The molecule has 0 unspecified atom stereocenters. The number of hydrogen-bond donors (Lipinski definition) is 1. The summed E-state index contributed by atoms with van der Waals surface area (Å²) in [4.78, 5) is 16.9. The van der Waals surface area contributed by atoms with Crippen LogP contribution in [0.5, 0.6) is 0 Å². The van der Waals surface area contributed by atoms with Crippen LogP contribution in [0.25, 0.3) is 4.85 Å². The zero-order valence-corrected chi connectivity index (χ0v) is 14.9. The monoisotopic (exact) mass is 401 g/mol. The lowest BCUT2D eigenvalue weighted by atomic mass is 10.1. The van der Waals surface area contributed by atoms with E-state index in [9.17, 15) is 18.0 Å². The number of benzene rings is 1. The number of aromatic amines is 1. The summed E-state index contributed by atoms with van der Waals surface area (Å²) in [6.45, 7) is 7.91. The van der Waals surface area contributed by atoms with E-state index < -0.39 is 17.3 Å². The number of nitrogens with zero attached hydrogens (tertiary/aromatic N) is 6. The van der Waals surface area contributed by atoms with Crippen LogP contribution in [0, 0.1) is 6.57 Å². The molecular formula is C18H14F3N7O. The van der Waals surface area contributed by atoms with E-state index in [0.29, 0.717) is 24.3 Å². The van der Waals surface area contributed by atoms with Crippen LogP contribution >= 0.6 is 0 Å². The van der Waals surface area contributed by atoms with Gasteiger partial charge in [0.05, 0.1) is 42.8 Å². The Morgan fingerprint density at radius 3 is 2.83 bits per heavy atom. The Morgan fingerprint density at radius 2 is 2.07 bits per heavy atom. The van der Waals surface area contributed by atoms with Crippen LogP contribution in [0.1, 0.15) is 22.5 Å². The van der Waals surface area contributed by atoms with Gasteiger partial charge in [0, 0.05) is 13.0 Å². The number of nitrogens with one attached hydrogen (secondary N) is 1. The van der Waals surface area contributed by atoms with E-state index in [0.717, 1.165) is 11.8 Å². The van der Waals surface area contributed by atoms with Gasteiger partial charge in [0.1, 0.15) is 5.69 Å². The second-order valence-electron chi connectivity index (χ2n) is 6.51. The lowest BCUT2D eigenvalue weighted by Crippen LogP contribution is -2.32. The van der Waals surface area contributed by atoms with Gasteiger partial charge < -0.3 is 4.90 Å². The van der Waals surface area contributed by atoms with E-state index in [4.69, 9.17) is 6.57 Å². The Kier molecular flexibility index (Phi) is 4.54. The predicted octanol–water partition coefficient (Wildman–Crippen LogP) is 2.54. The van der Waals surface area contributed by atoms with Crippen molar-refractivity contribution < 1.29 is 13.2 Å². The first kappa shape index (κ1) is 18.7. The molecule has 0 saturated carbocycles. The molecule has 0 atom stereocenters. The number of hydrogen-bond acceptors (Lipinski definition) is 5. The maximum atomic E-state index is 13.2. The first-order valence-electron chi connectivity index (χ1n) is 8.65. The molecule has 0 spiro atoms. The standard InChI is InChI=1S/C18H14F3N7O/c1-22-16-15(8-23-25-17(16)29)27-7-6-14-13(10-27)24-26-28(14)9-11-4-2-3-5-12(11)18(19,20)21/h2-5,8H,6-7,9-10H2,(H,25,29). The summed E-state index contributed by atoms with van der Waals surface area (Å²) in [7, 11) is 0. The third-order valence-electron chi connectivity index (χ3n) is 4.78. The molecule has 3 aromatic rings. The lowest BCUT2D eigenvalue weighted by molar-refractivity contribution is -0.138. The predicted molar refractivity (Wildman–Crippen MR) is 96.4 cm³/mol. The second kappa shape index (κ2) is 7.05. The van der Waals surface area contributed by atoms with Crippen LogP contribution in [-0.2, 0) is 25.7 Å². The Balaban J connectivity index is 1.62. The maximum Gasteiger partial charge on any atom is 0.416 e. The third kappa shape index (κ3) is 3.44. The van der Waals surface area contributed by atoms with E-state index >= 15 is 0 Å². The second-order valence-corrected chi connectivity index (χ2v) is 6.51. The van der Waals surface area contributed by atoms with Gasteiger partial charge >= 0.3 is 6.18 Å². The van der Waals surface area contributed by atoms with Gasteiger partial charge in [-0.15, -0.1) is 5.10 Å². The van der Waals surface area contributed by atoms with Crippen LogP contribution in [0.3, 0.4) is 0 Å². The largest absolute Gasteiger partial charge is 0.416 e. The average molecular weight is 401 g/mol. The zero-order valence-electron chi connectivity index (χ0n) is 14.9. The molecule has 0 bridgehead atoms. The maximum absolute atomic E-state index is 13.2. The summed E-state index contributed by atoms with van der Waals surface area (Å²) in [5, 5.41) is 14.1. The number of halogens is 3. The molecule has 3 heterocycles. The lowest BCUT2D eigenvalue weighted by Gasteiger charge is -2.28. The van der Waals surface area contributed by atoms with Crippen LogP contribution in [-0.4, -0.2) is 31.7 Å². The highest BCUT2D eigenvalue weighted by atomic mass is 19.4. The molecule has 2 aromatic heterocycles. The van der Waals surface area contributed by atoms with Crippen molar-refractivity contribution in [1.29, 1.82) is 0 Å². The van der Waals surface area contributed by atoms with Gasteiger partial charge in [0.2, 0.25) is 0 Å². The zero-order chi connectivity index (χ0) is 20.6. The van der Waals surface area contributed by atoms with Crippen molar-refractivity contribution >= 4 is 11.4 Å². The van der Waals surface area contributed by atoms with Gasteiger partial charge in [-0.25, -0.2) is 9.53 Å². The molecular weight excluding hydrogens is 387 g/mol. The normalized spacial score (nSPS) is 13.8. The van der Waals surface area contributed by atoms with E-state index in [1.54, 1.807) is 11.0 Å². The summed E-state index contributed by atoms with van der Waals surface area (Å²) in [5.74, 6) is 0. The van der Waals surface area contributed by atoms with Crippen LogP contribution < -0.4 is 10.5 Å². The summed E-state index contributed by atoms with van der Waals surface area (Å²) in [5.41, 5.74) is 0.511. The van der Waals surface area contributed by atoms with E-state index in [1.807, 2.05) is 0 Å². The summed E-state index contributed by atoms with van der Waals surface area (Å²) in [6, 6.07) is 5.38. The Bertz CT molecular complexity index is 1160. The molecule has 0 aliphatic carbocycles. The fourth-order valence-electron chi connectivity index (χ4n) is 3.42. The van der Waals surface area contributed by atoms with Crippen molar-refractivity contribution in [2.75, 3.05) is 11.4 Å². The van der Waals surface area contributed by atoms with Gasteiger partial charge in [-0.3, -0.25) is 9.89 Å². The van der Waals surface area contributed by atoms with Gasteiger partial charge in [-0.05, 0) is 11.6 Å². The number of alkyl halides is 3. The highest BCUT2D eigenvalue weighted by molar-refractivity contribution is 5.68. The van der Waals surface area contributed by atoms with Gasteiger partial charge in [-0.2, -0.15) is 18.3 Å².